The molecule has 1 amide bonds. The van der Waals surface area contributed by atoms with E-state index in [1.54, 1.807) is 6.92 Å². The molecule has 4 N–H and O–H groups in total. The number of carbonyl (C=O) groups excluding carboxylic acids is 1. The standard InChI is InChI=1S/C9H19NO4.CH4O/c1-6(10-7(2)11)9(13)4-8(12)5-14-3;1-2/h6,8-9,12-13H,4-5H2,1-3H3,(H,10,11);2H,1H3/t6?,8?,9-;/m1./s1. The monoisotopic (exact) mass is 237 g/mol. The lowest BCUT2D eigenvalue weighted by atomic mass is 10.1. The first-order valence-electron chi connectivity index (χ1n) is 5.04. The van der Waals surface area contributed by atoms with E-state index >= 15 is 0 Å². The van der Waals surface area contributed by atoms with Gasteiger partial charge in [-0.25, -0.2) is 0 Å². The van der Waals surface area contributed by atoms with Crippen LogP contribution in [0.4, 0.5) is 0 Å². The van der Waals surface area contributed by atoms with E-state index in [2.05, 4.69) is 5.32 Å². The molecule has 0 saturated heterocycles. The molecule has 6 nitrogen and oxygen atoms in total. The third-order valence-electron chi connectivity index (χ3n) is 1.88. The molecule has 0 bridgehead atoms. The molecule has 0 aromatic carbocycles. The average Bonchev–Trinajstić information content (AvgIpc) is 2.20. The molecule has 0 spiro atoms. The smallest absolute Gasteiger partial charge is 0.217 e. The Labute approximate surface area is 96.2 Å². The Balaban J connectivity index is 0. The van der Waals surface area contributed by atoms with Crippen molar-refractivity contribution in [2.75, 3.05) is 20.8 Å². The molecule has 0 aliphatic rings. The third-order valence-corrected chi connectivity index (χ3v) is 1.88. The Morgan fingerprint density at radius 3 is 2.25 bits per heavy atom. The fourth-order valence-electron chi connectivity index (χ4n) is 1.16. The van der Waals surface area contributed by atoms with Crippen molar-refractivity contribution in [3.8, 4) is 0 Å². The topological polar surface area (TPSA) is 99.0 Å². The highest BCUT2D eigenvalue weighted by molar-refractivity contribution is 5.73. The van der Waals surface area contributed by atoms with Gasteiger partial charge in [-0.15, -0.1) is 0 Å². The second-order valence-electron chi connectivity index (χ2n) is 3.40. The van der Waals surface area contributed by atoms with Gasteiger partial charge in [0.25, 0.3) is 0 Å². The van der Waals surface area contributed by atoms with Crippen molar-refractivity contribution in [1.29, 1.82) is 0 Å². The minimum Gasteiger partial charge on any atom is -0.400 e. The summed E-state index contributed by atoms with van der Waals surface area (Å²) in [6, 6.07) is -0.362. The molecule has 0 radical (unpaired) electrons. The lowest BCUT2D eigenvalue weighted by molar-refractivity contribution is -0.120. The van der Waals surface area contributed by atoms with E-state index in [1.807, 2.05) is 0 Å². The zero-order valence-electron chi connectivity index (χ0n) is 10.3. The predicted molar refractivity (Wildman–Crippen MR) is 59.9 cm³/mol. The maximum atomic E-state index is 10.7. The molecule has 0 rings (SSSR count). The maximum absolute atomic E-state index is 10.7. The fraction of sp³-hybridized carbons (Fsp3) is 0.900. The summed E-state index contributed by atoms with van der Waals surface area (Å²) in [7, 11) is 2.48. The number of hydrogen-bond donors (Lipinski definition) is 4. The molecular weight excluding hydrogens is 214 g/mol. The number of hydrogen-bond acceptors (Lipinski definition) is 5. The van der Waals surface area contributed by atoms with Crippen LogP contribution in [0.3, 0.4) is 0 Å². The molecule has 2 unspecified atom stereocenters. The van der Waals surface area contributed by atoms with Gasteiger partial charge in [0.2, 0.25) is 5.91 Å². The lowest BCUT2D eigenvalue weighted by Gasteiger charge is -2.21. The third kappa shape index (κ3) is 9.85. The van der Waals surface area contributed by atoms with Crippen molar-refractivity contribution in [2.45, 2.75) is 38.5 Å². The SMILES string of the molecule is CO.COCC(O)C[C@@H](O)C(C)NC(C)=O. The van der Waals surface area contributed by atoms with E-state index in [4.69, 9.17) is 9.84 Å². The van der Waals surface area contributed by atoms with Gasteiger partial charge in [-0.1, -0.05) is 0 Å². The molecule has 6 heteroatoms. The van der Waals surface area contributed by atoms with Crippen LogP contribution >= 0.6 is 0 Å². The summed E-state index contributed by atoms with van der Waals surface area (Å²) in [6.07, 6.45) is -1.27. The number of rotatable bonds is 6. The number of aliphatic hydroxyl groups is 3. The average molecular weight is 237 g/mol. The van der Waals surface area contributed by atoms with Crippen LogP contribution in [0.2, 0.25) is 0 Å². The van der Waals surface area contributed by atoms with Crippen LogP contribution in [0.1, 0.15) is 20.3 Å². The Morgan fingerprint density at radius 2 is 1.88 bits per heavy atom. The van der Waals surface area contributed by atoms with Gasteiger partial charge in [0.15, 0.2) is 0 Å². The van der Waals surface area contributed by atoms with Crippen LogP contribution in [0.5, 0.6) is 0 Å². The van der Waals surface area contributed by atoms with Gasteiger partial charge in [-0.2, -0.15) is 0 Å². The fourth-order valence-corrected chi connectivity index (χ4v) is 1.16. The summed E-state index contributed by atoms with van der Waals surface area (Å²) >= 11 is 0. The second kappa shape index (κ2) is 10.8. The van der Waals surface area contributed by atoms with Crippen LogP contribution in [-0.2, 0) is 9.53 Å². The Kier molecular flexibility index (Phi) is 12.0. The molecule has 16 heavy (non-hydrogen) atoms. The molecule has 0 aliphatic carbocycles. The molecule has 0 aliphatic heterocycles. The Bertz CT molecular complexity index is 177. The molecule has 0 aromatic rings. The van der Waals surface area contributed by atoms with Crippen LogP contribution in [0, 0.1) is 0 Å². The first kappa shape index (κ1) is 17.7. The van der Waals surface area contributed by atoms with Crippen molar-refractivity contribution in [3.63, 3.8) is 0 Å². The Hall–Kier alpha value is -0.690. The van der Waals surface area contributed by atoms with E-state index in [0.29, 0.717) is 0 Å². The Morgan fingerprint density at radius 1 is 1.38 bits per heavy atom. The van der Waals surface area contributed by atoms with E-state index < -0.39 is 12.2 Å². The van der Waals surface area contributed by atoms with E-state index in [-0.39, 0.29) is 25.0 Å². The summed E-state index contributed by atoms with van der Waals surface area (Å²) in [5.74, 6) is -0.196. The first-order valence-corrected chi connectivity index (χ1v) is 5.04. The lowest BCUT2D eigenvalue weighted by Crippen LogP contribution is -2.42. The van der Waals surface area contributed by atoms with Gasteiger partial charge in [0.05, 0.1) is 24.9 Å². The van der Waals surface area contributed by atoms with Crippen molar-refractivity contribution in [1.82, 2.24) is 5.32 Å². The highest BCUT2D eigenvalue weighted by Crippen LogP contribution is 2.03. The number of nitrogens with one attached hydrogen (secondary N) is 1. The number of aliphatic hydroxyl groups excluding tert-OH is 3. The summed E-state index contributed by atoms with van der Waals surface area (Å²) in [5.41, 5.74) is 0. The van der Waals surface area contributed by atoms with Crippen LogP contribution < -0.4 is 5.32 Å². The van der Waals surface area contributed by atoms with Crippen molar-refractivity contribution >= 4 is 5.91 Å². The largest absolute Gasteiger partial charge is 0.400 e. The minimum atomic E-state index is -0.760. The normalized spacial score (nSPS) is 15.4. The molecule has 3 atom stereocenters. The van der Waals surface area contributed by atoms with Crippen LogP contribution in [0.25, 0.3) is 0 Å². The molecule has 0 fully saturated rings. The minimum absolute atomic E-state index is 0.184. The number of ether oxygens (including phenoxy) is 1. The van der Waals surface area contributed by atoms with Crippen molar-refractivity contribution in [3.05, 3.63) is 0 Å². The number of amides is 1. The number of carbonyl (C=O) groups is 1. The zero-order chi connectivity index (χ0) is 13.1. The van der Waals surface area contributed by atoms with Gasteiger partial charge < -0.3 is 25.4 Å². The zero-order valence-corrected chi connectivity index (χ0v) is 10.3. The van der Waals surface area contributed by atoms with Gasteiger partial charge in [-0.05, 0) is 6.92 Å². The summed E-state index contributed by atoms with van der Waals surface area (Å²) in [5, 5.41) is 28.4. The van der Waals surface area contributed by atoms with E-state index in [0.717, 1.165) is 7.11 Å². The van der Waals surface area contributed by atoms with E-state index in [9.17, 15) is 15.0 Å². The van der Waals surface area contributed by atoms with Gasteiger partial charge in [-0.3, -0.25) is 4.79 Å². The highest BCUT2D eigenvalue weighted by Gasteiger charge is 2.18. The highest BCUT2D eigenvalue weighted by atomic mass is 16.5. The van der Waals surface area contributed by atoms with E-state index in [1.165, 1.54) is 14.0 Å². The van der Waals surface area contributed by atoms with Crippen molar-refractivity contribution in [2.24, 2.45) is 0 Å². The summed E-state index contributed by atoms with van der Waals surface area (Å²) in [4.78, 5) is 10.7. The van der Waals surface area contributed by atoms with Crippen LogP contribution in [0.15, 0.2) is 0 Å². The summed E-state index contributed by atoms with van der Waals surface area (Å²) < 4.78 is 4.72. The maximum Gasteiger partial charge on any atom is 0.217 e. The van der Waals surface area contributed by atoms with Gasteiger partial charge in [0, 0.05) is 27.6 Å². The van der Waals surface area contributed by atoms with Gasteiger partial charge in [0.1, 0.15) is 0 Å². The van der Waals surface area contributed by atoms with Gasteiger partial charge >= 0.3 is 0 Å². The first-order chi connectivity index (χ1) is 7.47. The molecular formula is C10H23NO5. The quantitative estimate of drug-likeness (QED) is 0.469. The van der Waals surface area contributed by atoms with Crippen molar-refractivity contribution < 1.29 is 24.9 Å². The summed E-state index contributed by atoms with van der Waals surface area (Å²) in [6.45, 7) is 3.25. The molecule has 98 valence electrons. The van der Waals surface area contributed by atoms with Crippen LogP contribution in [-0.4, -0.2) is 60.3 Å². The molecule has 0 heterocycles. The number of methoxy groups -OCH3 is 1. The second-order valence-corrected chi connectivity index (χ2v) is 3.40. The molecule has 0 saturated carbocycles. The molecule has 0 aromatic heterocycles. The predicted octanol–water partition coefficient (Wildman–Crippen LogP) is -1.12.